The van der Waals surface area contributed by atoms with Gasteiger partial charge >= 0.3 is 0 Å². The van der Waals surface area contributed by atoms with Crippen molar-refractivity contribution in [2.75, 3.05) is 0 Å². The van der Waals surface area contributed by atoms with Crippen LogP contribution in [0.25, 0.3) is 0 Å². The van der Waals surface area contributed by atoms with Crippen LogP contribution in [0.4, 0.5) is 0 Å². The van der Waals surface area contributed by atoms with E-state index in [1.165, 1.54) is 12.8 Å². The number of nitrogens with zero attached hydrogens (tertiary/aromatic N) is 2. The zero-order valence-electron chi connectivity index (χ0n) is 10.3. The van der Waals surface area contributed by atoms with E-state index in [1.807, 2.05) is 24.1 Å². The summed E-state index contributed by atoms with van der Waals surface area (Å²) < 4.78 is 1.81. The number of hydrogen-bond acceptors (Lipinski definition) is 2. The van der Waals surface area contributed by atoms with Crippen molar-refractivity contribution in [3.63, 3.8) is 0 Å². The Hall–Kier alpha value is -0.830. The van der Waals surface area contributed by atoms with Crippen LogP contribution in [0.2, 0.25) is 0 Å². The molecule has 1 N–H and O–H groups in total. The van der Waals surface area contributed by atoms with Gasteiger partial charge in [-0.1, -0.05) is 26.2 Å². The zero-order chi connectivity index (χ0) is 11.6. The van der Waals surface area contributed by atoms with Crippen molar-refractivity contribution < 1.29 is 5.11 Å². The van der Waals surface area contributed by atoms with E-state index < -0.39 is 5.60 Å². The Morgan fingerprint density at radius 2 is 2.38 bits per heavy atom. The minimum atomic E-state index is -0.490. The molecule has 0 aromatic carbocycles. The lowest BCUT2D eigenvalue weighted by molar-refractivity contribution is -0.0491. The van der Waals surface area contributed by atoms with Crippen molar-refractivity contribution in [2.24, 2.45) is 13.0 Å². The number of aromatic nitrogens is 2. The second-order valence-corrected chi connectivity index (χ2v) is 5.15. The Bertz CT molecular complexity index is 347. The standard InChI is InChI=1S/C13H22N2O/c1-3-12-6-4-5-7-13(12,16)8-11-9-14-15(2)10-11/h9-10,12,16H,3-8H2,1-2H3. The summed E-state index contributed by atoms with van der Waals surface area (Å²) in [5.41, 5.74) is 0.668. The van der Waals surface area contributed by atoms with Crippen LogP contribution in [0.3, 0.4) is 0 Å². The summed E-state index contributed by atoms with van der Waals surface area (Å²) in [6.45, 7) is 2.18. The van der Waals surface area contributed by atoms with Crippen molar-refractivity contribution in [3.8, 4) is 0 Å². The molecule has 0 bridgehead atoms. The first-order valence-corrected chi connectivity index (χ1v) is 6.34. The molecular formula is C13H22N2O. The van der Waals surface area contributed by atoms with Crippen LogP contribution < -0.4 is 0 Å². The van der Waals surface area contributed by atoms with Crippen molar-refractivity contribution in [2.45, 2.75) is 51.0 Å². The highest BCUT2D eigenvalue weighted by molar-refractivity contribution is 5.10. The van der Waals surface area contributed by atoms with Crippen molar-refractivity contribution in [1.29, 1.82) is 0 Å². The van der Waals surface area contributed by atoms with Gasteiger partial charge in [0.15, 0.2) is 0 Å². The molecule has 1 heterocycles. The fourth-order valence-corrected chi connectivity index (χ4v) is 3.03. The minimum absolute atomic E-state index is 0.460. The second-order valence-electron chi connectivity index (χ2n) is 5.15. The molecule has 0 saturated heterocycles. The van der Waals surface area contributed by atoms with Gasteiger partial charge in [0.2, 0.25) is 0 Å². The number of aliphatic hydroxyl groups is 1. The Morgan fingerprint density at radius 1 is 1.56 bits per heavy atom. The molecule has 90 valence electrons. The fourth-order valence-electron chi connectivity index (χ4n) is 3.03. The van der Waals surface area contributed by atoms with Crippen molar-refractivity contribution >= 4 is 0 Å². The average Bonchev–Trinajstić information content (AvgIpc) is 2.64. The van der Waals surface area contributed by atoms with Gasteiger partial charge in [-0.25, -0.2) is 0 Å². The molecule has 0 spiro atoms. The summed E-state index contributed by atoms with van der Waals surface area (Å²) in [6.07, 6.45) is 10.3. The van der Waals surface area contributed by atoms with Gasteiger partial charge in [-0.15, -0.1) is 0 Å². The van der Waals surface area contributed by atoms with E-state index in [2.05, 4.69) is 12.0 Å². The molecule has 1 aliphatic carbocycles. The molecule has 2 unspecified atom stereocenters. The van der Waals surface area contributed by atoms with Gasteiger partial charge in [0.25, 0.3) is 0 Å². The van der Waals surface area contributed by atoms with Crippen LogP contribution in [-0.2, 0) is 13.5 Å². The molecule has 1 aromatic rings. The molecule has 2 rings (SSSR count). The quantitative estimate of drug-likeness (QED) is 0.852. The van der Waals surface area contributed by atoms with Crippen molar-refractivity contribution in [1.82, 2.24) is 9.78 Å². The van der Waals surface area contributed by atoms with Crippen LogP contribution in [0.15, 0.2) is 12.4 Å². The molecule has 0 radical (unpaired) electrons. The molecule has 1 fully saturated rings. The minimum Gasteiger partial charge on any atom is -0.389 e. The lowest BCUT2D eigenvalue weighted by atomic mass is 9.71. The first-order valence-electron chi connectivity index (χ1n) is 6.34. The van der Waals surface area contributed by atoms with E-state index in [-0.39, 0.29) is 0 Å². The van der Waals surface area contributed by atoms with Gasteiger partial charge in [0.05, 0.1) is 11.8 Å². The normalized spacial score (nSPS) is 30.6. The second kappa shape index (κ2) is 4.58. The smallest absolute Gasteiger partial charge is 0.0717 e. The highest BCUT2D eigenvalue weighted by atomic mass is 16.3. The molecule has 3 heteroatoms. The maximum atomic E-state index is 10.8. The maximum Gasteiger partial charge on any atom is 0.0717 e. The third-order valence-corrected chi connectivity index (χ3v) is 3.93. The van der Waals surface area contributed by atoms with Crippen LogP contribution in [0.1, 0.15) is 44.6 Å². The summed E-state index contributed by atoms with van der Waals surface area (Å²) >= 11 is 0. The molecule has 0 aliphatic heterocycles. The van der Waals surface area contributed by atoms with Gasteiger partial charge in [-0.05, 0) is 24.3 Å². The predicted octanol–water partition coefficient (Wildman–Crippen LogP) is 2.29. The fraction of sp³-hybridized carbons (Fsp3) is 0.769. The Labute approximate surface area is 97.5 Å². The number of hydrogen-bond donors (Lipinski definition) is 1. The Kier molecular flexibility index (Phi) is 3.33. The van der Waals surface area contributed by atoms with E-state index in [9.17, 15) is 5.11 Å². The zero-order valence-corrected chi connectivity index (χ0v) is 10.3. The Morgan fingerprint density at radius 3 is 3.00 bits per heavy atom. The largest absolute Gasteiger partial charge is 0.389 e. The average molecular weight is 222 g/mol. The summed E-state index contributed by atoms with van der Waals surface area (Å²) in [5.74, 6) is 0.460. The molecule has 1 aliphatic rings. The number of rotatable bonds is 3. The van der Waals surface area contributed by atoms with Gasteiger partial charge in [-0.2, -0.15) is 5.10 Å². The van der Waals surface area contributed by atoms with Crippen LogP contribution in [0.5, 0.6) is 0 Å². The first kappa shape index (κ1) is 11.6. The third-order valence-electron chi connectivity index (χ3n) is 3.93. The lowest BCUT2D eigenvalue weighted by Crippen LogP contribution is -2.42. The Balaban J connectivity index is 2.10. The molecule has 1 aromatic heterocycles. The molecule has 2 atom stereocenters. The SMILES string of the molecule is CCC1CCCCC1(O)Cc1cnn(C)c1. The third kappa shape index (κ3) is 2.29. The van der Waals surface area contributed by atoms with Crippen LogP contribution in [-0.4, -0.2) is 20.5 Å². The highest BCUT2D eigenvalue weighted by Gasteiger charge is 2.37. The number of aryl methyl sites for hydroxylation is 1. The summed E-state index contributed by atoms with van der Waals surface area (Å²) in [5, 5.41) is 14.9. The van der Waals surface area contributed by atoms with Crippen LogP contribution >= 0.6 is 0 Å². The van der Waals surface area contributed by atoms with E-state index in [1.54, 1.807) is 0 Å². The van der Waals surface area contributed by atoms with Crippen LogP contribution in [0, 0.1) is 5.92 Å². The molecule has 0 amide bonds. The summed E-state index contributed by atoms with van der Waals surface area (Å²) in [7, 11) is 1.92. The van der Waals surface area contributed by atoms with E-state index >= 15 is 0 Å². The predicted molar refractivity (Wildman–Crippen MR) is 64.1 cm³/mol. The van der Waals surface area contributed by atoms with Crippen molar-refractivity contribution in [3.05, 3.63) is 18.0 Å². The van der Waals surface area contributed by atoms with Gasteiger partial charge < -0.3 is 5.11 Å². The molecule has 16 heavy (non-hydrogen) atoms. The lowest BCUT2D eigenvalue weighted by Gasteiger charge is -2.39. The van der Waals surface area contributed by atoms with Gasteiger partial charge in [0, 0.05) is 19.7 Å². The van der Waals surface area contributed by atoms with E-state index in [0.29, 0.717) is 5.92 Å². The monoisotopic (exact) mass is 222 g/mol. The topological polar surface area (TPSA) is 38.1 Å². The molecular weight excluding hydrogens is 200 g/mol. The molecule has 1 saturated carbocycles. The molecule has 3 nitrogen and oxygen atoms in total. The van der Waals surface area contributed by atoms with E-state index in [4.69, 9.17) is 0 Å². The first-order chi connectivity index (χ1) is 7.64. The van der Waals surface area contributed by atoms with Gasteiger partial charge in [0.1, 0.15) is 0 Å². The summed E-state index contributed by atoms with van der Waals surface area (Å²) in [4.78, 5) is 0. The highest BCUT2D eigenvalue weighted by Crippen LogP contribution is 2.38. The van der Waals surface area contributed by atoms with E-state index in [0.717, 1.165) is 31.2 Å². The summed E-state index contributed by atoms with van der Waals surface area (Å²) in [6, 6.07) is 0. The maximum absolute atomic E-state index is 10.8. The van der Waals surface area contributed by atoms with Gasteiger partial charge in [-0.3, -0.25) is 4.68 Å².